The van der Waals surface area contributed by atoms with E-state index in [0.717, 1.165) is 0 Å². The average Bonchev–Trinajstić information content (AvgIpc) is 3.17. The van der Waals surface area contributed by atoms with Crippen molar-refractivity contribution in [3.05, 3.63) is 29.4 Å². The Hall–Kier alpha value is -3.23. The molecule has 2 rings (SSSR count). The fourth-order valence-electron chi connectivity index (χ4n) is 2.39. The third-order valence-corrected chi connectivity index (χ3v) is 3.60. The molecule has 0 saturated heterocycles. The molecule has 0 fully saturated rings. The Kier molecular flexibility index (Phi) is 6.64. The fourth-order valence-corrected chi connectivity index (χ4v) is 2.39. The molecule has 1 aliphatic rings. The minimum atomic E-state index is -1.03. The molecule has 1 aliphatic heterocycles. The first-order valence-corrected chi connectivity index (χ1v) is 8.38. The van der Waals surface area contributed by atoms with Crippen molar-refractivity contribution in [1.29, 1.82) is 0 Å². The molecule has 2 heterocycles. The summed E-state index contributed by atoms with van der Waals surface area (Å²) >= 11 is 0. The van der Waals surface area contributed by atoms with Gasteiger partial charge < -0.3 is 19.2 Å². The van der Waals surface area contributed by atoms with Crippen LogP contribution >= 0.6 is 0 Å². The van der Waals surface area contributed by atoms with Crippen molar-refractivity contribution in [1.82, 2.24) is 5.32 Å². The van der Waals surface area contributed by atoms with Gasteiger partial charge in [0.15, 0.2) is 5.92 Å². The number of esters is 2. The van der Waals surface area contributed by atoms with Gasteiger partial charge in [0.2, 0.25) is 5.78 Å². The van der Waals surface area contributed by atoms with Crippen LogP contribution in [0, 0.1) is 5.92 Å². The number of nitrogens with one attached hydrogen (secondary N) is 1. The van der Waals surface area contributed by atoms with E-state index in [0.29, 0.717) is 17.2 Å². The number of Topliss-reactive ketones (excluding diaryl/α,β-unsaturated/α-hetero) is 1. The van der Waals surface area contributed by atoms with Gasteiger partial charge in [-0.05, 0) is 32.9 Å². The molecule has 144 valence electrons. The van der Waals surface area contributed by atoms with Gasteiger partial charge in [0.05, 0.1) is 19.8 Å². The standard InChI is InChI=1S/C18H20N2O7/c1-4-25-17(23)14-10(3)20-13(15(14)21)8-11-6-7-12(27-11)9-19-16(22)18(24)26-5-2/h6-8,14H,4-5,9H2,1-3H3,(H,19,22). The molecule has 0 aromatic carbocycles. The Balaban J connectivity index is 2.03. The van der Waals surface area contributed by atoms with Gasteiger partial charge in [-0.2, -0.15) is 0 Å². The number of hydrogen-bond acceptors (Lipinski definition) is 8. The number of carbonyl (C=O) groups is 4. The van der Waals surface area contributed by atoms with Gasteiger partial charge in [-0.25, -0.2) is 4.79 Å². The van der Waals surface area contributed by atoms with E-state index in [-0.39, 0.29) is 25.5 Å². The van der Waals surface area contributed by atoms with E-state index in [1.165, 1.54) is 6.08 Å². The predicted molar refractivity (Wildman–Crippen MR) is 93.4 cm³/mol. The average molecular weight is 376 g/mol. The van der Waals surface area contributed by atoms with Crippen molar-refractivity contribution in [3.63, 3.8) is 0 Å². The van der Waals surface area contributed by atoms with E-state index in [1.54, 1.807) is 32.9 Å². The van der Waals surface area contributed by atoms with Crippen LogP contribution in [0.3, 0.4) is 0 Å². The van der Waals surface area contributed by atoms with Crippen LogP contribution in [0.1, 0.15) is 32.3 Å². The first-order chi connectivity index (χ1) is 12.9. The van der Waals surface area contributed by atoms with E-state index in [1.807, 2.05) is 0 Å². The van der Waals surface area contributed by atoms with Gasteiger partial charge in [0.25, 0.3) is 0 Å². The molecule has 0 saturated carbocycles. The molecule has 0 radical (unpaired) electrons. The number of amides is 1. The van der Waals surface area contributed by atoms with Crippen molar-refractivity contribution < 1.29 is 33.1 Å². The Morgan fingerprint density at radius 2 is 1.93 bits per heavy atom. The van der Waals surface area contributed by atoms with Crippen LogP contribution in [0.2, 0.25) is 0 Å². The normalized spacial score (nSPS) is 17.6. The first kappa shape index (κ1) is 20.1. The van der Waals surface area contributed by atoms with Gasteiger partial charge in [-0.1, -0.05) is 0 Å². The molecule has 9 nitrogen and oxygen atoms in total. The van der Waals surface area contributed by atoms with E-state index in [2.05, 4.69) is 15.0 Å². The second-order valence-electron chi connectivity index (χ2n) is 5.54. The van der Waals surface area contributed by atoms with Crippen LogP contribution in [-0.2, 0) is 35.2 Å². The van der Waals surface area contributed by atoms with Crippen molar-refractivity contribution >= 4 is 35.4 Å². The van der Waals surface area contributed by atoms with Gasteiger partial charge in [0, 0.05) is 11.8 Å². The monoisotopic (exact) mass is 376 g/mol. The van der Waals surface area contributed by atoms with Crippen molar-refractivity contribution in [2.45, 2.75) is 27.3 Å². The van der Waals surface area contributed by atoms with Crippen LogP contribution in [-0.4, -0.2) is 42.6 Å². The highest BCUT2D eigenvalue weighted by Crippen LogP contribution is 2.24. The van der Waals surface area contributed by atoms with Crippen LogP contribution in [0.4, 0.5) is 0 Å². The SMILES string of the molecule is CCOC(=O)C(=O)NCc1ccc(C=C2N=C(C)C(C(=O)OCC)C2=O)o1. The Labute approximate surface area is 155 Å². The predicted octanol–water partition coefficient (Wildman–Crippen LogP) is 1.02. The number of ketones is 1. The van der Waals surface area contributed by atoms with E-state index in [4.69, 9.17) is 9.15 Å². The van der Waals surface area contributed by atoms with Gasteiger partial charge >= 0.3 is 17.8 Å². The quantitative estimate of drug-likeness (QED) is 0.340. The third kappa shape index (κ3) is 4.90. The molecule has 0 spiro atoms. The van der Waals surface area contributed by atoms with Gasteiger partial charge in [-0.3, -0.25) is 19.4 Å². The number of hydrogen-bond donors (Lipinski definition) is 1. The minimum absolute atomic E-state index is 0.0253. The second-order valence-corrected chi connectivity index (χ2v) is 5.54. The molecule has 1 N–H and O–H groups in total. The molecule has 1 aromatic rings. The molecule has 1 amide bonds. The second kappa shape index (κ2) is 8.93. The van der Waals surface area contributed by atoms with Crippen LogP contribution in [0.5, 0.6) is 0 Å². The highest BCUT2D eigenvalue weighted by Gasteiger charge is 2.38. The lowest BCUT2D eigenvalue weighted by Gasteiger charge is -2.06. The number of rotatable bonds is 6. The largest absolute Gasteiger partial charge is 0.465 e. The zero-order valence-electron chi connectivity index (χ0n) is 15.2. The Bertz CT molecular complexity index is 819. The number of carbonyl (C=O) groups excluding carboxylic acids is 4. The number of aliphatic imine (C=N–C) groups is 1. The zero-order chi connectivity index (χ0) is 20.0. The van der Waals surface area contributed by atoms with E-state index >= 15 is 0 Å². The topological polar surface area (TPSA) is 124 Å². The summed E-state index contributed by atoms with van der Waals surface area (Å²) in [5, 5.41) is 2.36. The Morgan fingerprint density at radius 1 is 1.22 bits per heavy atom. The fraction of sp³-hybridized carbons (Fsp3) is 0.389. The summed E-state index contributed by atoms with van der Waals surface area (Å²) in [5.74, 6) is -3.29. The summed E-state index contributed by atoms with van der Waals surface area (Å²) in [6.07, 6.45) is 1.40. The van der Waals surface area contributed by atoms with Crippen LogP contribution in [0.15, 0.2) is 27.2 Å². The molecule has 1 unspecified atom stereocenters. The summed E-state index contributed by atoms with van der Waals surface area (Å²) in [7, 11) is 0. The lowest BCUT2D eigenvalue weighted by Crippen LogP contribution is -2.31. The number of furan rings is 1. The molecular weight excluding hydrogens is 356 g/mol. The highest BCUT2D eigenvalue weighted by molar-refractivity contribution is 6.32. The van der Waals surface area contributed by atoms with Gasteiger partial charge in [0.1, 0.15) is 17.2 Å². The molecule has 9 heteroatoms. The maximum absolute atomic E-state index is 12.4. The summed E-state index contributed by atoms with van der Waals surface area (Å²) in [6, 6.07) is 3.16. The highest BCUT2D eigenvalue weighted by atomic mass is 16.5. The Morgan fingerprint density at radius 3 is 2.59 bits per heavy atom. The molecule has 0 aliphatic carbocycles. The number of allylic oxidation sites excluding steroid dienone is 1. The van der Waals surface area contributed by atoms with Crippen LogP contribution < -0.4 is 5.32 Å². The first-order valence-electron chi connectivity index (χ1n) is 8.38. The maximum Gasteiger partial charge on any atom is 0.396 e. The summed E-state index contributed by atoms with van der Waals surface area (Å²) < 4.78 is 14.9. The van der Waals surface area contributed by atoms with Crippen molar-refractivity contribution in [3.8, 4) is 0 Å². The minimum Gasteiger partial charge on any atom is -0.465 e. The smallest absolute Gasteiger partial charge is 0.396 e. The summed E-state index contributed by atoms with van der Waals surface area (Å²) in [4.78, 5) is 51.1. The number of ether oxygens (including phenoxy) is 2. The lowest BCUT2D eigenvalue weighted by molar-refractivity contribution is -0.154. The number of nitrogens with zero attached hydrogens (tertiary/aromatic N) is 1. The lowest BCUT2D eigenvalue weighted by atomic mass is 10.0. The molecular formula is C18H20N2O7. The van der Waals surface area contributed by atoms with Crippen LogP contribution in [0.25, 0.3) is 6.08 Å². The summed E-state index contributed by atoms with van der Waals surface area (Å²) in [5.41, 5.74) is 0.445. The molecule has 1 aromatic heterocycles. The van der Waals surface area contributed by atoms with Crippen molar-refractivity contribution in [2.75, 3.05) is 13.2 Å². The molecule has 1 atom stereocenters. The summed E-state index contributed by atoms with van der Waals surface area (Å²) in [6.45, 7) is 5.09. The van der Waals surface area contributed by atoms with Gasteiger partial charge in [-0.15, -0.1) is 0 Å². The zero-order valence-corrected chi connectivity index (χ0v) is 15.2. The molecule has 0 bridgehead atoms. The van der Waals surface area contributed by atoms with E-state index in [9.17, 15) is 19.2 Å². The third-order valence-electron chi connectivity index (χ3n) is 3.60. The maximum atomic E-state index is 12.4. The molecule has 27 heavy (non-hydrogen) atoms. The van der Waals surface area contributed by atoms with E-state index < -0.39 is 29.5 Å². The van der Waals surface area contributed by atoms with Crippen molar-refractivity contribution in [2.24, 2.45) is 10.9 Å².